The average molecular weight is 420 g/mol. The van der Waals surface area contributed by atoms with Crippen molar-refractivity contribution in [3.8, 4) is 0 Å². The van der Waals surface area contributed by atoms with Gasteiger partial charge in [0.2, 0.25) is 5.91 Å². The number of amides is 1. The Morgan fingerprint density at radius 2 is 1.84 bits per heavy atom. The summed E-state index contributed by atoms with van der Waals surface area (Å²) >= 11 is 0. The number of para-hydroxylation sites is 1. The Labute approximate surface area is 182 Å². The van der Waals surface area contributed by atoms with Crippen LogP contribution in [0.5, 0.6) is 0 Å². The molecule has 4 rings (SSSR count). The van der Waals surface area contributed by atoms with Crippen LogP contribution in [0.15, 0.2) is 59.7 Å². The second-order valence-electron chi connectivity index (χ2n) is 8.77. The average Bonchev–Trinajstić information content (AvgIpc) is 2.77. The van der Waals surface area contributed by atoms with Crippen molar-refractivity contribution in [1.29, 1.82) is 0 Å². The van der Waals surface area contributed by atoms with Crippen LogP contribution in [0.1, 0.15) is 43.2 Å². The molecule has 31 heavy (non-hydrogen) atoms. The van der Waals surface area contributed by atoms with Gasteiger partial charge in [0.15, 0.2) is 0 Å². The molecule has 1 N–H and O–H groups in total. The smallest absolute Gasteiger partial charge is 0.261 e. The summed E-state index contributed by atoms with van der Waals surface area (Å²) in [6, 6.07) is 15.6. The highest BCUT2D eigenvalue weighted by Crippen LogP contribution is 2.26. The van der Waals surface area contributed by atoms with Crippen molar-refractivity contribution in [1.82, 2.24) is 14.5 Å². The summed E-state index contributed by atoms with van der Waals surface area (Å²) in [4.78, 5) is 31.9. The molecular formula is C25H29N3O3. The van der Waals surface area contributed by atoms with E-state index in [4.69, 9.17) is 0 Å². The molecule has 6 nitrogen and oxygen atoms in total. The lowest BCUT2D eigenvalue weighted by molar-refractivity contribution is -0.136. The van der Waals surface area contributed by atoms with Gasteiger partial charge in [-0.25, -0.2) is 4.98 Å². The standard InChI is InChI=1S/C25H29N3O3/c1-18-7-6-10-21-23(18)26-17-28(24(21)30)16-25(31)11-13-27(14-12-25)22(29)15-19(2)20-8-4-3-5-9-20/h3-10,17,19,31H,11-16H2,1-2H3/t19-/m1/s1. The minimum atomic E-state index is -1.02. The van der Waals surface area contributed by atoms with E-state index in [1.54, 1.807) is 6.07 Å². The monoisotopic (exact) mass is 419 g/mol. The minimum Gasteiger partial charge on any atom is -0.388 e. The summed E-state index contributed by atoms with van der Waals surface area (Å²) in [7, 11) is 0. The highest BCUT2D eigenvalue weighted by Gasteiger charge is 2.35. The van der Waals surface area contributed by atoms with E-state index in [1.807, 2.05) is 54.3 Å². The van der Waals surface area contributed by atoms with Crippen molar-refractivity contribution in [2.24, 2.45) is 0 Å². The lowest BCUT2D eigenvalue weighted by Crippen LogP contribution is -2.49. The van der Waals surface area contributed by atoms with Crippen molar-refractivity contribution in [3.05, 3.63) is 76.3 Å². The topological polar surface area (TPSA) is 75.4 Å². The molecule has 6 heteroatoms. The lowest BCUT2D eigenvalue weighted by atomic mass is 9.90. The normalized spacial score (nSPS) is 16.9. The van der Waals surface area contributed by atoms with E-state index in [1.165, 1.54) is 10.9 Å². The molecule has 1 aromatic heterocycles. The van der Waals surface area contributed by atoms with Gasteiger partial charge in [-0.15, -0.1) is 0 Å². The molecule has 1 fully saturated rings. The maximum absolute atomic E-state index is 12.9. The molecule has 0 unspecified atom stereocenters. The van der Waals surface area contributed by atoms with Gasteiger partial charge in [0.05, 0.1) is 29.4 Å². The predicted molar refractivity (Wildman–Crippen MR) is 121 cm³/mol. The molecule has 1 aliphatic heterocycles. The van der Waals surface area contributed by atoms with Crippen molar-refractivity contribution in [3.63, 3.8) is 0 Å². The van der Waals surface area contributed by atoms with E-state index in [9.17, 15) is 14.7 Å². The number of hydrogen-bond donors (Lipinski definition) is 1. The van der Waals surface area contributed by atoms with Crippen molar-refractivity contribution in [2.75, 3.05) is 13.1 Å². The van der Waals surface area contributed by atoms with Crippen LogP contribution < -0.4 is 5.56 Å². The second-order valence-corrected chi connectivity index (χ2v) is 8.77. The molecular weight excluding hydrogens is 390 g/mol. The molecule has 162 valence electrons. The molecule has 1 amide bonds. The Kier molecular flexibility index (Phi) is 5.92. The van der Waals surface area contributed by atoms with Crippen molar-refractivity contribution >= 4 is 16.8 Å². The first-order valence-electron chi connectivity index (χ1n) is 10.9. The maximum atomic E-state index is 12.9. The fourth-order valence-corrected chi connectivity index (χ4v) is 4.39. The van der Waals surface area contributed by atoms with Gasteiger partial charge in [-0.1, -0.05) is 49.4 Å². The summed E-state index contributed by atoms with van der Waals surface area (Å²) in [5.74, 6) is 0.263. The molecule has 0 bridgehead atoms. The zero-order valence-electron chi connectivity index (χ0n) is 18.1. The number of aliphatic hydroxyl groups is 1. The molecule has 2 aromatic carbocycles. The van der Waals surface area contributed by atoms with E-state index in [0.717, 1.165) is 11.1 Å². The van der Waals surface area contributed by atoms with Gasteiger partial charge >= 0.3 is 0 Å². The molecule has 1 atom stereocenters. The number of likely N-dealkylation sites (tertiary alicyclic amines) is 1. The zero-order valence-corrected chi connectivity index (χ0v) is 18.1. The third-order valence-corrected chi connectivity index (χ3v) is 6.42. The molecule has 1 saturated heterocycles. The third kappa shape index (κ3) is 4.54. The van der Waals surface area contributed by atoms with Gasteiger partial charge < -0.3 is 10.0 Å². The van der Waals surface area contributed by atoms with Crippen molar-refractivity contribution in [2.45, 2.75) is 51.2 Å². The van der Waals surface area contributed by atoms with Gasteiger partial charge in [-0.2, -0.15) is 0 Å². The SMILES string of the molecule is Cc1cccc2c(=O)n(CC3(O)CCN(C(=O)C[C@@H](C)c4ccccc4)CC3)cnc12. The highest BCUT2D eigenvalue weighted by molar-refractivity contribution is 5.80. The second kappa shape index (κ2) is 8.63. The van der Waals surface area contributed by atoms with Gasteiger partial charge in [0, 0.05) is 19.5 Å². The summed E-state index contributed by atoms with van der Waals surface area (Å²) in [6.45, 7) is 5.16. The molecule has 0 spiro atoms. The highest BCUT2D eigenvalue weighted by atomic mass is 16.3. The number of fused-ring (bicyclic) bond motifs is 1. The van der Waals surface area contributed by atoms with Gasteiger partial charge in [-0.05, 0) is 42.9 Å². The van der Waals surface area contributed by atoms with E-state index < -0.39 is 5.60 Å². The number of aryl methyl sites for hydroxylation is 1. The summed E-state index contributed by atoms with van der Waals surface area (Å²) in [5, 5.41) is 11.7. The van der Waals surface area contributed by atoms with Crippen molar-refractivity contribution < 1.29 is 9.90 Å². The Morgan fingerprint density at radius 3 is 2.55 bits per heavy atom. The predicted octanol–water partition coefficient (Wildman–Crippen LogP) is 3.25. The zero-order chi connectivity index (χ0) is 22.0. The lowest BCUT2D eigenvalue weighted by Gasteiger charge is -2.38. The van der Waals surface area contributed by atoms with Crippen LogP contribution in [0.4, 0.5) is 0 Å². The van der Waals surface area contributed by atoms with Crippen LogP contribution in [0, 0.1) is 6.92 Å². The van der Waals surface area contributed by atoms with Crippen LogP contribution in [-0.2, 0) is 11.3 Å². The van der Waals surface area contributed by atoms with E-state index in [0.29, 0.717) is 43.3 Å². The molecule has 0 radical (unpaired) electrons. The number of piperidine rings is 1. The van der Waals surface area contributed by atoms with Crippen LogP contribution in [-0.4, -0.2) is 44.2 Å². The number of hydrogen-bond acceptors (Lipinski definition) is 4. The number of carbonyl (C=O) groups is 1. The molecule has 0 saturated carbocycles. The fourth-order valence-electron chi connectivity index (χ4n) is 4.39. The van der Waals surface area contributed by atoms with Crippen LogP contribution in [0.2, 0.25) is 0 Å². The van der Waals surface area contributed by atoms with E-state index >= 15 is 0 Å². The Hall–Kier alpha value is -2.99. The number of aromatic nitrogens is 2. The number of nitrogens with zero attached hydrogens (tertiary/aromatic N) is 3. The van der Waals surface area contributed by atoms with Crippen LogP contribution >= 0.6 is 0 Å². The maximum Gasteiger partial charge on any atom is 0.261 e. The fraction of sp³-hybridized carbons (Fsp3) is 0.400. The Balaban J connectivity index is 1.40. The minimum absolute atomic E-state index is 0.110. The molecule has 1 aliphatic rings. The van der Waals surface area contributed by atoms with E-state index in [2.05, 4.69) is 11.9 Å². The quantitative estimate of drug-likeness (QED) is 0.689. The van der Waals surface area contributed by atoms with Crippen LogP contribution in [0.25, 0.3) is 10.9 Å². The summed E-state index contributed by atoms with van der Waals surface area (Å²) < 4.78 is 1.50. The van der Waals surface area contributed by atoms with Crippen LogP contribution in [0.3, 0.4) is 0 Å². The Bertz CT molecular complexity index is 1130. The number of rotatable bonds is 5. The summed E-state index contributed by atoms with van der Waals surface area (Å²) in [5.41, 5.74) is 1.64. The summed E-state index contributed by atoms with van der Waals surface area (Å²) in [6.07, 6.45) is 2.86. The molecule has 0 aliphatic carbocycles. The Morgan fingerprint density at radius 1 is 1.13 bits per heavy atom. The first kappa shape index (κ1) is 21.2. The first-order chi connectivity index (χ1) is 14.9. The number of benzene rings is 2. The van der Waals surface area contributed by atoms with Gasteiger partial charge in [0.1, 0.15) is 0 Å². The number of carbonyl (C=O) groups excluding carboxylic acids is 1. The third-order valence-electron chi connectivity index (χ3n) is 6.42. The first-order valence-corrected chi connectivity index (χ1v) is 10.9. The van der Waals surface area contributed by atoms with E-state index in [-0.39, 0.29) is 23.9 Å². The van der Waals surface area contributed by atoms with Gasteiger partial charge in [-0.3, -0.25) is 14.2 Å². The molecule has 2 heterocycles. The largest absolute Gasteiger partial charge is 0.388 e. The van der Waals surface area contributed by atoms with Gasteiger partial charge in [0.25, 0.3) is 5.56 Å². The molecule has 3 aromatic rings.